The number of ether oxygens (including phenoxy) is 1. The number of esters is 1. The Hall–Kier alpha value is -2.94. The average Bonchev–Trinajstić information content (AvgIpc) is 2.63. The molecule has 1 N–H and O–H groups in total. The molecular formula is C18H17FN2O5S. The Labute approximate surface area is 159 Å². The molecule has 0 aliphatic rings. The highest BCUT2D eigenvalue weighted by molar-refractivity contribution is 7.98. The van der Waals surface area contributed by atoms with Gasteiger partial charge in [0.15, 0.2) is 6.10 Å². The molecule has 1 amide bonds. The predicted molar refractivity (Wildman–Crippen MR) is 99.5 cm³/mol. The van der Waals surface area contributed by atoms with Crippen LogP contribution in [0, 0.1) is 22.9 Å². The molecule has 0 aliphatic heterocycles. The van der Waals surface area contributed by atoms with Gasteiger partial charge in [-0.05, 0) is 49.9 Å². The van der Waals surface area contributed by atoms with E-state index in [1.54, 1.807) is 13.2 Å². The number of anilines is 1. The number of hydrogen-bond donors (Lipinski definition) is 1. The van der Waals surface area contributed by atoms with Gasteiger partial charge in [0.25, 0.3) is 11.6 Å². The fourth-order valence-electron chi connectivity index (χ4n) is 2.16. The van der Waals surface area contributed by atoms with Crippen molar-refractivity contribution in [3.05, 3.63) is 63.5 Å². The van der Waals surface area contributed by atoms with Crippen LogP contribution in [0.15, 0.2) is 41.3 Å². The van der Waals surface area contributed by atoms with Crippen molar-refractivity contribution < 1.29 is 23.6 Å². The largest absolute Gasteiger partial charge is 0.449 e. The molecule has 0 spiro atoms. The number of thioether (sulfide) groups is 1. The van der Waals surface area contributed by atoms with E-state index in [1.165, 1.54) is 43.0 Å². The topological polar surface area (TPSA) is 98.5 Å². The molecular weight excluding hydrogens is 375 g/mol. The number of nitro groups is 1. The second kappa shape index (κ2) is 8.63. The summed E-state index contributed by atoms with van der Waals surface area (Å²) in [6, 6.07) is 8.13. The number of carbonyl (C=O) groups excluding carboxylic acids is 2. The van der Waals surface area contributed by atoms with Gasteiger partial charge in [-0.15, -0.1) is 11.8 Å². The number of aryl methyl sites for hydroxylation is 1. The second-order valence-corrected chi connectivity index (χ2v) is 6.49. The molecule has 0 fully saturated rings. The molecule has 142 valence electrons. The monoisotopic (exact) mass is 392 g/mol. The lowest BCUT2D eigenvalue weighted by Crippen LogP contribution is -2.30. The van der Waals surface area contributed by atoms with E-state index in [4.69, 9.17) is 4.74 Å². The molecule has 7 nitrogen and oxygen atoms in total. The van der Waals surface area contributed by atoms with Crippen LogP contribution in [-0.4, -0.2) is 29.2 Å². The van der Waals surface area contributed by atoms with Crippen molar-refractivity contribution >= 4 is 35.0 Å². The molecule has 0 saturated heterocycles. The van der Waals surface area contributed by atoms with Crippen molar-refractivity contribution in [2.24, 2.45) is 0 Å². The van der Waals surface area contributed by atoms with Gasteiger partial charge in [0.1, 0.15) is 5.82 Å². The lowest BCUT2D eigenvalue weighted by atomic mass is 10.2. The normalized spacial score (nSPS) is 11.6. The molecule has 2 aromatic rings. The minimum atomic E-state index is -1.18. The van der Waals surface area contributed by atoms with Crippen LogP contribution in [0.25, 0.3) is 0 Å². The Kier molecular flexibility index (Phi) is 6.51. The van der Waals surface area contributed by atoms with E-state index >= 15 is 0 Å². The third-order valence-electron chi connectivity index (χ3n) is 3.70. The molecule has 27 heavy (non-hydrogen) atoms. The molecule has 2 rings (SSSR count). The quantitative estimate of drug-likeness (QED) is 0.346. The first kappa shape index (κ1) is 20.4. The molecule has 0 heterocycles. The smallest absolute Gasteiger partial charge is 0.339 e. The van der Waals surface area contributed by atoms with Crippen LogP contribution in [0.1, 0.15) is 22.8 Å². The molecule has 2 aromatic carbocycles. The fraction of sp³-hybridized carbons (Fsp3) is 0.222. The summed E-state index contributed by atoms with van der Waals surface area (Å²) in [5.41, 5.74) is 0.401. The van der Waals surface area contributed by atoms with E-state index in [2.05, 4.69) is 5.32 Å². The van der Waals surface area contributed by atoms with Gasteiger partial charge in [-0.25, -0.2) is 9.18 Å². The summed E-state index contributed by atoms with van der Waals surface area (Å²) in [7, 11) is 0. The van der Waals surface area contributed by atoms with E-state index in [1.807, 2.05) is 0 Å². The first-order valence-corrected chi connectivity index (χ1v) is 9.06. The fourth-order valence-corrected chi connectivity index (χ4v) is 2.70. The number of nitrogens with zero attached hydrogens (tertiary/aromatic N) is 1. The summed E-state index contributed by atoms with van der Waals surface area (Å²) < 4.78 is 18.6. The number of carbonyl (C=O) groups is 2. The maximum atomic E-state index is 13.5. The van der Waals surface area contributed by atoms with Crippen LogP contribution in [-0.2, 0) is 9.53 Å². The average molecular weight is 392 g/mol. The molecule has 0 unspecified atom stereocenters. The van der Waals surface area contributed by atoms with Crippen molar-refractivity contribution in [3.63, 3.8) is 0 Å². The number of halogens is 1. The number of nitro benzene ring substituents is 1. The first-order chi connectivity index (χ1) is 12.7. The highest BCUT2D eigenvalue weighted by Crippen LogP contribution is 2.28. The van der Waals surface area contributed by atoms with Crippen LogP contribution >= 0.6 is 11.8 Å². The van der Waals surface area contributed by atoms with Crippen molar-refractivity contribution in [1.29, 1.82) is 0 Å². The molecule has 0 saturated carbocycles. The second-order valence-electron chi connectivity index (χ2n) is 5.64. The Morgan fingerprint density at radius 1 is 1.26 bits per heavy atom. The van der Waals surface area contributed by atoms with Gasteiger partial charge in [0.2, 0.25) is 0 Å². The number of nitrogens with one attached hydrogen (secondary N) is 1. The first-order valence-electron chi connectivity index (χ1n) is 7.83. The number of rotatable bonds is 6. The SMILES string of the molecule is CSc1ccc(C(=O)O[C@@H](C)C(=O)Nc2ccc(C)c(F)c2)cc1[N+](=O)[O-]. The zero-order chi connectivity index (χ0) is 20.1. The Morgan fingerprint density at radius 3 is 2.56 bits per heavy atom. The van der Waals surface area contributed by atoms with E-state index in [9.17, 15) is 24.1 Å². The summed E-state index contributed by atoms with van der Waals surface area (Å²) in [5, 5.41) is 13.5. The van der Waals surface area contributed by atoms with Crippen LogP contribution in [0.3, 0.4) is 0 Å². The summed E-state index contributed by atoms with van der Waals surface area (Å²) in [5.74, 6) is -2.00. The van der Waals surface area contributed by atoms with Gasteiger partial charge in [0.05, 0.1) is 15.4 Å². The Bertz CT molecular complexity index is 903. The van der Waals surface area contributed by atoms with Gasteiger partial charge in [0, 0.05) is 11.8 Å². The van der Waals surface area contributed by atoms with Crippen molar-refractivity contribution in [1.82, 2.24) is 0 Å². The van der Waals surface area contributed by atoms with Gasteiger partial charge in [-0.1, -0.05) is 6.07 Å². The van der Waals surface area contributed by atoms with E-state index < -0.39 is 28.7 Å². The van der Waals surface area contributed by atoms with Crippen molar-refractivity contribution in [2.45, 2.75) is 24.8 Å². The number of benzene rings is 2. The lowest BCUT2D eigenvalue weighted by Gasteiger charge is -2.14. The highest BCUT2D eigenvalue weighted by atomic mass is 32.2. The molecule has 0 aliphatic carbocycles. The lowest BCUT2D eigenvalue weighted by molar-refractivity contribution is -0.387. The van der Waals surface area contributed by atoms with Gasteiger partial charge < -0.3 is 10.1 Å². The third kappa shape index (κ3) is 5.04. The maximum Gasteiger partial charge on any atom is 0.339 e. The molecule has 0 radical (unpaired) electrons. The van der Waals surface area contributed by atoms with E-state index in [0.717, 1.165) is 12.1 Å². The summed E-state index contributed by atoms with van der Waals surface area (Å²) in [6.45, 7) is 2.94. The maximum absolute atomic E-state index is 13.5. The van der Waals surface area contributed by atoms with Crippen LogP contribution in [0.5, 0.6) is 0 Å². The van der Waals surface area contributed by atoms with Gasteiger partial charge >= 0.3 is 5.97 Å². The molecule has 0 aromatic heterocycles. The summed E-state index contributed by atoms with van der Waals surface area (Å²) in [6.07, 6.45) is 0.502. The molecule has 9 heteroatoms. The minimum Gasteiger partial charge on any atom is -0.449 e. The Balaban J connectivity index is 2.08. The zero-order valence-electron chi connectivity index (χ0n) is 14.8. The van der Waals surface area contributed by atoms with Crippen LogP contribution in [0.4, 0.5) is 15.8 Å². The summed E-state index contributed by atoms with van der Waals surface area (Å²) >= 11 is 1.18. The predicted octanol–water partition coefficient (Wildman–Crippen LogP) is 3.95. The number of amides is 1. The summed E-state index contributed by atoms with van der Waals surface area (Å²) in [4.78, 5) is 35.2. The Morgan fingerprint density at radius 2 is 1.96 bits per heavy atom. The van der Waals surface area contributed by atoms with Crippen LogP contribution in [0.2, 0.25) is 0 Å². The molecule has 1 atom stereocenters. The van der Waals surface area contributed by atoms with E-state index in [-0.39, 0.29) is 16.9 Å². The van der Waals surface area contributed by atoms with Crippen molar-refractivity contribution in [3.8, 4) is 0 Å². The minimum absolute atomic E-state index is 0.0412. The highest BCUT2D eigenvalue weighted by Gasteiger charge is 2.22. The third-order valence-corrected chi connectivity index (χ3v) is 4.49. The van der Waals surface area contributed by atoms with Gasteiger partial charge in [-0.3, -0.25) is 14.9 Å². The number of hydrogen-bond acceptors (Lipinski definition) is 6. The zero-order valence-corrected chi connectivity index (χ0v) is 15.6. The standard InChI is InChI=1S/C18H17FN2O5S/c1-10-4-6-13(9-14(10)19)20-17(22)11(2)26-18(23)12-5-7-16(27-3)15(8-12)21(24)25/h4-9,11H,1-3H3,(H,20,22)/t11-/m0/s1. The molecule has 0 bridgehead atoms. The van der Waals surface area contributed by atoms with Crippen molar-refractivity contribution in [2.75, 3.05) is 11.6 Å². The van der Waals surface area contributed by atoms with Gasteiger partial charge in [-0.2, -0.15) is 0 Å². The van der Waals surface area contributed by atoms with E-state index in [0.29, 0.717) is 10.5 Å². The van der Waals surface area contributed by atoms with Crippen LogP contribution < -0.4 is 5.32 Å².